The Hall–Kier alpha value is -5.69. The summed E-state index contributed by atoms with van der Waals surface area (Å²) in [6.45, 7) is 13.6. The van der Waals surface area contributed by atoms with Gasteiger partial charge < -0.3 is 24.6 Å². The van der Waals surface area contributed by atoms with Crippen LogP contribution in [0.2, 0.25) is 0 Å². The van der Waals surface area contributed by atoms with Crippen molar-refractivity contribution >= 4 is 35.3 Å². The quantitative estimate of drug-likeness (QED) is 0.0916. The predicted molar refractivity (Wildman–Crippen MR) is 289 cm³/mol. The molecule has 5 aliphatic rings. The van der Waals surface area contributed by atoms with Crippen molar-refractivity contribution in [1.29, 1.82) is 0 Å². The topological polar surface area (TPSA) is 156 Å². The maximum atomic E-state index is 14.0. The van der Waals surface area contributed by atoms with Gasteiger partial charge in [-0.25, -0.2) is 15.0 Å². The SMILES string of the molecule is Cc1c(C2CCCCc3cnc(Nc4ccc(C(=O)N5CCCCC(CCN6CCCC(CCc7ccc(C8CCC(=O)NC8=O)cc7)CC6)CC5)cc4)nc3C2)cnc2c1C(CCC(=O)OC(C)(C)C)CCO2. The van der Waals surface area contributed by atoms with E-state index in [2.05, 4.69) is 51.6 Å². The minimum Gasteiger partial charge on any atom is -0.477 e. The number of aromatic nitrogens is 3. The molecule has 13 heteroatoms. The van der Waals surface area contributed by atoms with Gasteiger partial charge >= 0.3 is 5.97 Å². The van der Waals surface area contributed by atoms with Crippen molar-refractivity contribution in [2.75, 3.05) is 44.6 Å². The highest BCUT2D eigenvalue weighted by atomic mass is 16.6. The summed E-state index contributed by atoms with van der Waals surface area (Å²) < 4.78 is 11.7. The second-order valence-corrected chi connectivity index (χ2v) is 23.2. The second kappa shape index (κ2) is 24.8. The largest absolute Gasteiger partial charge is 0.477 e. The summed E-state index contributed by atoms with van der Waals surface area (Å²) in [6.07, 6.45) is 23.6. The maximum Gasteiger partial charge on any atom is 0.306 e. The number of nitrogens with zero attached hydrogens (tertiary/aromatic N) is 5. The van der Waals surface area contributed by atoms with Crippen LogP contribution in [0.3, 0.4) is 0 Å². The lowest BCUT2D eigenvalue weighted by molar-refractivity contribution is -0.155. The number of imide groups is 1. The smallest absolute Gasteiger partial charge is 0.306 e. The molecule has 6 heterocycles. The number of hydrogen-bond acceptors (Lipinski definition) is 11. The van der Waals surface area contributed by atoms with Gasteiger partial charge in [0, 0.05) is 60.8 Å². The number of nitrogens with one attached hydrogen (secondary N) is 2. The van der Waals surface area contributed by atoms with Crippen LogP contribution in [0.25, 0.3) is 0 Å². The number of amides is 3. The van der Waals surface area contributed by atoms with Crippen molar-refractivity contribution in [2.24, 2.45) is 11.8 Å². The average molecular weight is 1010 g/mol. The number of pyridine rings is 1. The first-order valence-electron chi connectivity index (χ1n) is 28.3. The normalized spacial score (nSPS) is 23.1. The number of carbonyl (C=O) groups is 4. The minimum absolute atomic E-state index is 0.109. The maximum absolute atomic E-state index is 14.0. The molecule has 2 N–H and O–H groups in total. The van der Waals surface area contributed by atoms with Crippen molar-refractivity contribution < 1.29 is 28.7 Å². The van der Waals surface area contributed by atoms with Crippen LogP contribution in [0.15, 0.2) is 60.9 Å². The van der Waals surface area contributed by atoms with Crippen LogP contribution in [0.5, 0.6) is 5.88 Å². The zero-order valence-electron chi connectivity index (χ0n) is 44.7. The molecule has 3 fully saturated rings. The number of aryl methyl sites for hydroxylation is 2. The van der Waals surface area contributed by atoms with Gasteiger partial charge in [-0.2, -0.15) is 0 Å². The Labute approximate surface area is 439 Å². The molecule has 2 aromatic heterocycles. The standard InChI is InChI=1S/C61H81N7O6/c1-41-52(40-62-58-56(41)46(31-37-73-58)22-27-55(70)74-61(2,3)4)48-12-5-6-13-49-39-63-60(65-53(49)38-48)64-50-23-20-47(21-24-50)59(72)68-33-8-7-10-43(30-36-68)29-35-67-32-9-11-42(28-34-67)14-15-44-16-18-45(19-17-44)51-25-26-54(69)66-57(51)71/h16-21,23-24,39-40,42-43,46,48,51H,5-15,22,25-38H2,1-4H3,(H,63,64,65)(H,66,69,71). The number of piperidine rings is 1. The van der Waals surface area contributed by atoms with E-state index in [1.165, 1.54) is 67.3 Å². The third-order valence-corrected chi connectivity index (χ3v) is 16.7. The lowest BCUT2D eigenvalue weighted by Crippen LogP contribution is -2.39. The summed E-state index contributed by atoms with van der Waals surface area (Å²) in [7, 11) is 0. The van der Waals surface area contributed by atoms with Crippen LogP contribution >= 0.6 is 0 Å². The zero-order chi connectivity index (χ0) is 51.6. The van der Waals surface area contributed by atoms with Gasteiger partial charge in [-0.15, -0.1) is 0 Å². The fourth-order valence-electron chi connectivity index (χ4n) is 12.5. The summed E-state index contributed by atoms with van der Waals surface area (Å²) in [5.74, 6) is 2.42. The molecule has 5 atom stereocenters. The third-order valence-electron chi connectivity index (χ3n) is 16.7. The lowest BCUT2D eigenvalue weighted by Gasteiger charge is -2.30. The molecule has 3 amide bonds. The first-order valence-corrected chi connectivity index (χ1v) is 28.3. The van der Waals surface area contributed by atoms with E-state index < -0.39 is 5.60 Å². The summed E-state index contributed by atoms with van der Waals surface area (Å²) in [5.41, 5.74) is 9.23. The molecule has 1 aliphatic carbocycles. The number of hydrogen-bond donors (Lipinski definition) is 2. The highest BCUT2D eigenvalue weighted by molar-refractivity contribution is 6.01. The van der Waals surface area contributed by atoms with Crippen molar-refractivity contribution in [3.05, 3.63) is 106 Å². The first-order chi connectivity index (χ1) is 35.8. The fraction of sp³-hybridized carbons (Fsp3) is 0.590. The van der Waals surface area contributed by atoms with Gasteiger partial charge in [0.2, 0.25) is 23.6 Å². The molecule has 4 aliphatic heterocycles. The van der Waals surface area contributed by atoms with Gasteiger partial charge in [0.1, 0.15) is 5.60 Å². The Morgan fingerprint density at radius 1 is 0.797 bits per heavy atom. The molecule has 74 heavy (non-hydrogen) atoms. The number of benzene rings is 2. The number of anilines is 2. The lowest BCUT2D eigenvalue weighted by atomic mass is 9.80. The molecule has 0 saturated carbocycles. The van der Waals surface area contributed by atoms with E-state index in [0.717, 1.165) is 119 Å². The zero-order valence-corrected chi connectivity index (χ0v) is 44.7. The van der Waals surface area contributed by atoms with Gasteiger partial charge in [-0.1, -0.05) is 43.5 Å². The summed E-state index contributed by atoms with van der Waals surface area (Å²) in [4.78, 5) is 70.1. The number of carbonyl (C=O) groups excluding carboxylic acids is 4. The Morgan fingerprint density at radius 2 is 1.58 bits per heavy atom. The summed E-state index contributed by atoms with van der Waals surface area (Å²) >= 11 is 0. The van der Waals surface area contributed by atoms with Crippen LogP contribution in [0.1, 0.15) is 197 Å². The molecule has 0 radical (unpaired) electrons. The Balaban J connectivity index is 0.739. The summed E-state index contributed by atoms with van der Waals surface area (Å²) in [6, 6.07) is 16.3. The molecule has 396 valence electrons. The van der Waals surface area contributed by atoms with E-state index in [9.17, 15) is 19.2 Å². The minimum atomic E-state index is -0.502. The highest BCUT2D eigenvalue weighted by Gasteiger charge is 2.32. The van der Waals surface area contributed by atoms with Gasteiger partial charge in [-0.3, -0.25) is 24.5 Å². The highest BCUT2D eigenvalue weighted by Crippen LogP contribution is 2.42. The van der Waals surface area contributed by atoms with Crippen LogP contribution in [0, 0.1) is 18.8 Å². The van der Waals surface area contributed by atoms with Crippen molar-refractivity contribution in [1.82, 2.24) is 30.1 Å². The number of rotatable bonds is 14. The monoisotopic (exact) mass is 1010 g/mol. The molecule has 13 nitrogen and oxygen atoms in total. The molecular weight excluding hydrogens is 927 g/mol. The van der Waals surface area contributed by atoms with E-state index in [0.29, 0.717) is 55.6 Å². The molecule has 0 spiro atoms. The molecule has 4 aromatic rings. The molecule has 2 aromatic carbocycles. The Morgan fingerprint density at radius 3 is 2.39 bits per heavy atom. The van der Waals surface area contributed by atoms with Crippen molar-refractivity contribution in [3.8, 4) is 5.88 Å². The Bertz CT molecular complexity index is 2580. The molecule has 3 saturated heterocycles. The molecular formula is C61H81N7O6. The van der Waals surface area contributed by atoms with Crippen LogP contribution in [-0.2, 0) is 38.4 Å². The summed E-state index contributed by atoms with van der Waals surface area (Å²) in [5, 5.41) is 5.93. The van der Waals surface area contributed by atoms with Crippen molar-refractivity contribution in [3.63, 3.8) is 0 Å². The van der Waals surface area contributed by atoms with E-state index in [-0.39, 0.29) is 41.4 Å². The third kappa shape index (κ3) is 14.2. The molecule has 9 rings (SSSR count). The number of likely N-dealkylation sites (tertiary alicyclic amines) is 2. The second-order valence-electron chi connectivity index (χ2n) is 23.2. The van der Waals surface area contributed by atoms with E-state index in [1.54, 1.807) is 0 Å². The van der Waals surface area contributed by atoms with Crippen LogP contribution < -0.4 is 15.4 Å². The molecule has 0 bridgehead atoms. The van der Waals surface area contributed by atoms with Gasteiger partial charge in [0.05, 0.1) is 12.5 Å². The van der Waals surface area contributed by atoms with E-state index >= 15 is 0 Å². The number of ether oxygens (including phenoxy) is 2. The van der Waals surface area contributed by atoms with E-state index in [4.69, 9.17) is 24.4 Å². The molecule has 5 unspecified atom stereocenters. The fourth-order valence-corrected chi connectivity index (χ4v) is 12.5. The predicted octanol–water partition coefficient (Wildman–Crippen LogP) is 11.2. The average Bonchev–Trinajstić information content (AvgIpc) is 3.60. The van der Waals surface area contributed by atoms with Gasteiger partial charge in [0.15, 0.2) is 0 Å². The van der Waals surface area contributed by atoms with Crippen LogP contribution in [-0.4, -0.2) is 93.4 Å². The first kappa shape index (κ1) is 53.1. The van der Waals surface area contributed by atoms with Gasteiger partial charge in [-0.05, 0) is 219 Å². The number of esters is 1. The van der Waals surface area contributed by atoms with Crippen molar-refractivity contribution in [2.45, 2.75) is 179 Å². The Kier molecular flexibility index (Phi) is 17.8. The van der Waals surface area contributed by atoms with E-state index in [1.807, 2.05) is 57.4 Å². The van der Waals surface area contributed by atoms with Crippen LogP contribution in [0.4, 0.5) is 11.6 Å². The number of fused-ring (bicyclic) bond motifs is 2. The van der Waals surface area contributed by atoms with Gasteiger partial charge in [0.25, 0.3) is 5.91 Å².